The number of H-pyrrole nitrogens is 1. The SMILES string of the molecule is CCOP(=O)(OCC)c1ccc(-c2ccc3ccccc3c2)[nH]c1=O. The maximum Gasteiger partial charge on any atom is 0.366 e. The molecule has 0 amide bonds. The lowest BCUT2D eigenvalue weighted by Gasteiger charge is -2.16. The lowest BCUT2D eigenvalue weighted by molar-refractivity contribution is 0.229. The van der Waals surface area contributed by atoms with E-state index < -0.39 is 13.2 Å². The molecule has 0 aliphatic heterocycles. The largest absolute Gasteiger partial charge is 0.366 e. The highest BCUT2D eigenvalue weighted by Gasteiger charge is 2.30. The second-order valence-corrected chi connectivity index (χ2v) is 7.47. The molecule has 3 rings (SSSR count). The summed E-state index contributed by atoms with van der Waals surface area (Å²) < 4.78 is 23.3. The summed E-state index contributed by atoms with van der Waals surface area (Å²) in [6.07, 6.45) is 0. The average molecular weight is 357 g/mol. The predicted octanol–water partition coefficient (Wildman–Crippen LogP) is 4.09. The molecule has 3 aromatic rings. The van der Waals surface area contributed by atoms with Gasteiger partial charge in [0.15, 0.2) is 0 Å². The highest BCUT2D eigenvalue weighted by Crippen LogP contribution is 2.45. The van der Waals surface area contributed by atoms with Crippen molar-refractivity contribution in [2.24, 2.45) is 0 Å². The number of pyridine rings is 1. The minimum absolute atomic E-state index is 0.0285. The van der Waals surface area contributed by atoms with E-state index in [-0.39, 0.29) is 18.5 Å². The third-order valence-corrected chi connectivity index (χ3v) is 5.98. The molecule has 130 valence electrons. The summed E-state index contributed by atoms with van der Waals surface area (Å²) >= 11 is 0. The van der Waals surface area contributed by atoms with E-state index in [4.69, 9.17) is 9.05 Å². The van der Waals surface area contributed by atoms with Gasteiger partial charge in [0.1, 0.15) is 5.30 Å². The van der Waals surface area contributed by atoms with Gasteiger partial charge in [0.2, 0.25) is 0 Å². The normalized spacial score (nSPS) is 11.8. The Morgan fingerprint density at radius 2 is 1.60 bits per heavy atom. The van der Waals surface area contributed by atoms with Crippen LogP contribution in [-0.2, 0) is 13.6 Å². The van der Waals surface area contributed by atoms with Crippen LogP contribution < -0.4 is 10.9 Å². The van der Waals surface area contributed by atoms with E-state index >= 15 is 0 Å². The lowest BCUT2D eigenvalue weighted by atomic mass is 10.0. The monoisotopic (exact) mass is 357 g/mol. The highest BCUT2D eigenvalue weighted by molar-refractivity contribution is 7.62. The number of aromatic amines is 1. The molecule has 0 saturated carbocycles. The molecule has 0 spiro atoms. The van der Waals surface area contributed by atoms with Crippen LogP contribution in [0.3, 0.4) is 0 Å². The molecule has 6 heteroatoms. The van der Waals surface area contributed by atoms with E-state index in [9.17, 15) is 9.36 Å². The average Bonchev–Trinajstić information content (AvgIpc) is 2.61. The second-order valence-electron chi connectivity index (χ2n) is 5.48. The van der Waals surface area contributed by atoms with Gasteiger partial charge in [-0.1, -0.05) is 36.4 Å². The minimum Gasteiger partial charge on any atom is -0.321 e. The van der Waals surface area contributed by atoms with Crippen LogP contribution >= 0.6 is 7.60 Å². The molecule has 0 fully saturated rings. The number of benzene rings is 2. The molecule has 2 aromatic carbocycles. The van der Waals surface area contributed by atoms with Crippen LogP contribution in [0.25, 0.3) is 22.0 Å². The van der Waals surface area contributed by atoms with E-state index in [1.165, 1.54) is 6.07 Å². The van der Waals surface area contributed by atoms with Gasteiger partial charge >= 0.3 is 7.60 Å². The number of nitrogens with one attached hydrogen (secondary N) is 1. The molecule has 1 N–H and O–H groups in total. The summed E-state index contributed by atoms with van der Waals surface area (Å²) in [7, 11) is -3.60. The fraction of sp³-hybridized carbons (Fsp3) is 0.211. The van der Waals surface area contributed by atoms with E-state index in [0.29, 0.717) is 5.69 Å². The van der Waals surface area contributed by atoms with E-state index in [2.05, 4.69) is 4.98 Å². The molecule has 1 aromatic heterocycles. The maximum absolute atomic E-state index is 12.8. The smallest absolute Gasteiger partial charge is 0.321 e. The third-order valence-electron chi connectivity index (χ3n) is 3.84. The number of aromatic nitrogens is 1. The second kappa shape index (κ2) is 7.36. The van der Waals surface area contributed by atoms with Gasteiger partial charge in [-0.3, -0.25) is 9.36 Å². The summed E-state index contributed by atoms with van der Waals surface area (Å²) in [4.78, 5) is 15.3. The number of rotatable bonds is 6. The first kappa shape index (κ1) is 17.6. The van der Waals surface area contributed by atoms with Crippen LogP contribution in [0.1, 0.15) is 13.8 Å². The van der Waals surface area contributed by atoms with E-state index in [1.807, 2.05) is 42.5 Å². The fourth-order valence-electron chi connectivity index (χ4n) is 2.72. The first-order valence-electron chi connectivity index (χ1n) is 8.19. The summed E-state index contributed by atoms with van der Waals surface area (Å²) in [5.41, 5.74) is 1.07. The Morgan fingerprint density at radius 3 is 2.24 bits per heavy atom. The van der Waals surface area contributed by atoms with Crippen LogP contribution in [0.15, 0.2) is 59.4 Å². The predicted molar refractivity (Wildman–Crippen MR) is 100 cm³/mol. The Kier molecular flexibility index (Phi) is 5.19. The zero-order valence-electron chi connectivity index (χ0n) is 14.2. The molecule has 0 radical (unpaired) electrons. The fourth-order valence-corrected chi connectivity index (χ4v) is 4.32. The number of hydrogen-bond donors (Lipinski definition) is 1. The Bertz CT molecular complexity index is 986. The Balaban J connectivity index is 2.03. The Labute approximate surface area is 146 Å². The van der Waals surface area contributed by atoms with Crippen LogP contribution in [0.4, 0.5) is 0 Å². The molecule has 5 nitrogen and oxygen atoms in total. The van der Waals surface area contributed by atoms with Gasteiger partial charge in [-0.2, -0.15) is 0 Å². The van der Waals surface area contributed by atoms with Gasteiger partial charge in [0.25, 0.3) is 5.56 Å². The standard InChI is InChI=1S/C19H20NO4P/c1-3-23-25(22,24-4-2)18-12-11-17(20-19(18)21)16-10-9-14-7-5-6-8-15(14)13-16/h5-13H,3-4H2,1-2H3,(H,20,21). The number of hydrogen-bond acceptors (Lipinski definition) is 4. The molecule has 0 aliphatic carbocycles. The van der Waals surface area contributed by atoms with Gasteiger partial charge in [0.05, 0.1) is 13.2 Å². The van der Waals surface area contributed by atoms with Crippen molar-refractivity contribution in [2.75, 3.05) is 13.2 Å². The van der Waals surface area contributed by atoms with Gasteiger partial charge in [-0.15, -0.1) is 0 Å². The molecule has 0 bridgehead atoms. The van der Waals surface area contributed by atoms with E-state index in [1.54, 1.807) is 19.9 Å². The molecule has 0 aliphatic rings. The zero-order valence-corrected chi connectivity index (χ0v) is 15.1. The van der Waals surface area contributed by atoms with Gasteiger partial charge in [0, 0.05) is 5.69 Å². The lowest BCUT2D eigenvalue weighted by Crippen LogP contribution is -2.29. The minimum atomic E-state index is -3.60. The van der Waals surface area contributed by atoms with Crippen molar-refractivity contribution in [3.8, 4) is 11.3 Å². The van der Waals surface area contributed by atoms with Gasteiger partial charge in [-0.05, 0) is 48.4 Å². The molecule has 0 unspecified atom stereocenters. The summed E-state index contributed by atoms with van der Waals surface area (Å²) in [5, 5.41) is 2.24. The van der Waals surface area contributed by atoms with Crippen LogP contribution in [-0.4, -0.2) is 18.2 Å². The quantitative estimate of drug-likeness (QED) is 0.675. The van der Waals surface area contributed by atoms with Crippen LogP contribution in [0.5, 0.6) is 0 Å². The van der Waals surface area contributed by atoms with E-state index in [0.717, 1.165) is 16.3 Å². The summed E-state index contributed by atoms with van der Waals surface area (Å²) in [5.74, 6) is 0. The van der Waals surface area contributed by atoms with Crippen molar-refractivity contribution in [2.45, 2.75) is 13.8 Å². The molecular weight excluding hydrogens is 337 g/mol. The molecular formula is C19H20NO4P. The van der Waals surface area contributed by atoms with Crippen molar-refractivity contribution >= 4 is 23.7 Å². The van der Waals surface area contributed by atoms with Crippen LogP contribution in [0, 0.1) is 0 Å². The Morgan fingerprint density at radius 1 is 0.920 bits per heavy atom. The van der Waals surface area contributed by atoms with Crippen molar-refractivity contribution in [3.63, 3.8) is 0 Å². The van der Waals surface area contributed by atoms with Crippen molar-refractivity contribution in [3.05, 3.63) is 65.0 Å². The van der Waals surface area contributed by atoms with Crippen molar-refractivity contribution in [1.29, 1.82) is 0 Å². The molecule has 0 atom stereocenters. The third kappa shape index (κ3) is 3.59. The number of fused-ring (bicyclic) bond motifs is 1. The highest BCUT2D eigenvalue weighted by atomic mass is 31.2. The van der Waals surface area contributed by atoms with Gasteiger partial charge in [-0.25, -0.2) is 0 Å². The maximum atomic E-state index is 12.8. The zero-order chi connectivity index (χ0) is 17.9. The first-order chi connectivity index (χ1) is 12.1. The van der Waals surface area contributed by atoms with Crippen molar-refractivity contribution < 1.29 is 13.6 Å². The summed E-state index contributed by atoms with van der Waals surface area (Å²) in [6.45, 7) is 3.82. The van der Waals surface area contributed by atoms with Crippen LogP contribution in [0.2, 0.25) is 0 Å². The topological polar surface area (TPSA) is 68.4 Å². The molecule has 0 saturated heterocycles. The summed E-state index contributed by atoms with van der Waals surface area (Å²) in [6, 6.07) is 17.2. The molecule has 1 heterocycles. The van der Waals surface area contributed by atoms with Crippen molar-refractivity contribution in [1.82, 2.24) is 4.98 Å². The van der Waals surface area contributed by atoms with Gasteiger partial charge < -0.3 is 14.0 Å². The Hall–Kier alpha value is -2.20. The first-order valence-corrected chi connectivity index (χ1v) is 9.74. The molecule has 25 heavy (non-hydrogen) atoms.